The van der Waals surface area contributed by atoms with Crippen molar-refractivity contribution in [1.29, 1.82) is 5.26 Å². The molecule has 2 aromatic heterocycles. The number of fused-ring (bicyclic) bond motifs is 1. The molecule has 0 bridgehead atoms. The van der Waals surface area contributed by atoms with Gasteiger partial charge in [0.2, 0.25) is 0 Å². The highest BCUT2D eigenvalue weighted by atomic mass is 16.5. The number of hydrogen-bond donors (Lipinski definition) is 0. The van der Waals surface area contributed by atoms with Gasteiger partial charge < -0.3 is 9.30 Å². The van der Waals surface area contributed by atoms with E-state index >= 15 is 0 Å². The second-order valence-corrected chi connectivity index (χ2v) is 6.11. The summed E-state index contributed by atoms with van der Waals surface area (Å²) in [5.41, 5.74) is 2.48. The van der Waals surface area contributed by atoms with Crippen LogP contribution in [0.1, 0.15) is 5.69 Å². The Labute approximate surface area is 155 Å². The molecule has 0 aliphatic rings. The molecular weight excluding hydrogens is 340 g/mol. The fraction of sp³-hybridized carbons (Fsp3) is 0.0952. The first-order valence-corrected chi connectivity index (χ1v) is 8.35. The van der Waals surface area contributed by atoms with Gasteiger partial charge in [0.05, 0.1) is 12.8 Å². The Morgan fingerprint density at radius 3 is 2.67 bits per heavy atom. The Morgan fingerprint density at radius 2 is 1.96 bits per heavy atom. The van der Waals surface area contributed by atoms with Gasteiger partial charge in [0.25, 0.3) is 5.56 Å². The van der Waals surface area contributed by atoms with Crippen LogP contribution in [0.25, 0.3) is 27.6 Å². The SMILES string of the molecule is COc1ccc2c(=O)n(C)c(C#N)c(-c3cccc(-n4cccn4)c3)c2c1. The molecule has 0 atom stereocenters. The maximum Gasteiger partial charge on any atom is 0.259 e. The van der Waals surface area contributed by atoms with Crippen LogP contribution in [-0.2, 0) is 7.05 Å². The van der Waals surface area contributed by atoms with Crippen LogP contribution in [0.2, 0.25) is 0 Å². The number of benzene rings is 2. The number of hydrogen-bond acceptors (Lipinski definition) is 4. The predicted octanol–water partition coefficient (Wildman–Crippen LogP) is 3.27. The van der Waals surface area contributed by atoms with E-state index in [2.05, 4.69) is 11.2 Å². The molecule has 0 N–H and O–H groups in total. The van der Waals surface area contributed by atoms with Crippen molar-refractivity contribution in [2.24, 2.45) is 7.05 Å². The van der Waals surface area contributed by atoms with Gasteiger partial charge in [0.1, 0.15) is 17.5 Å². The molecule has 6 nitrogen and oxygen atoms in total. The summed E-state index contributed by atoms with van der Waals surface area (Å²) in [4.78, 5) is 12.7. The molecule has 2 aromatic carbocycles. The minimum absolute atomic E-state index is 0.212. The molecule has 0 unspecified atom stereocenters. The molecule has 0 radical (unpaired) electrons. The molecule has 0 fully saturated rings. The average Bonchev–Trinajstić information content (AvgIpc) is 3.25. The van der Waals surface area contributed by atoms with E-state index in [4.69, 9.17) is 4.74 Å². The van der Waals surface area contributed by atoms with Gasteiger partial charge in [-0.1, -0.05) is 12.1 Å². The number of ether oxygens (including phenoxy) is 1. The Morgan fingerprint density at radius 1 is 1.11 bits per heavy atom. The molecule has 0 spiro atoms. The lowest BCUT2D eigenvalue weighted by molar-refractivity contribution is 0.415. The zero-order valence-electron chi connectivity index (χ0n) is 14.9. The van der Waals surface area contributed by atoms with Crippen molar-refractivity contribution in [2.75, 3.05) is 7.11 Å². The Kier molecular flexibility index (Phi) is 3.98. The van der Waals surface area contributed by atoms with Gasteiger partial charge in [-0.05, 0) is 42.0 Å². The van der Waals surface area contributed by atoms with Crippen molar-refractivity contribution < 1.29 is 4.74 Å². The second kappa shape index (κ2) is 6.46. The van der Waals surface area contributed by atoms with Gasteiger partial charge in [-0.15, -0.1) is 0 Å². The van der Waals surface area contributed by atoms with Gasteiger partial charge in [0, 0.05) is 35.8 Å². The summed E-state index contributed by atoms with van der Waals surface area (Å²) in [7, 11) is 3.19. The maximum atomic E-state index is 12.7. The van der Waals surface area contributed by atoms with Gasteiger partial charge in [-0.2, -0.15) is 10.4 Å². The number of nitriles is 1. The van der Waals surface area contributed by atoms with Crippen LogP contribution in [0, 0.1) is 11.3 Å². The van der Waals surface area contributed by atoms with Crippen LogP contribution in [0.3, 0.4) is 0 Å². The van der Waals surface area contributed by atoms with Crippen molar-refractivity contribution in [3.63, 3.8) is 0 Å². The molecule has 27 heavy (non-hydrogen) atoms. The first-order chi connectivity index (χ1) is 13.1. The topological polar surface area (TPSA) is 72.8 Å². The lowest BCUT2D eigenvalue weighted by Gasteiger charge is -2.14. The third-order valence-corrected chi connectivity index (χ3v) is 4.61. The highest BCUT2D eigenvalue weighted by Gasteiger charge is 2.17. The molecular formula is C21H16N4O2. The van der Waals surface area contributed by atoms with E-state index in [1.54, 1.807) is 43.2 Å². The van der Waals surface area contributed by atoms with Crippen LogP contribution in [0.15, 0.2) is 65.7 Å². The fourth-order valence-electron chi connectivity index (χ4n) is 3.27. The summed E-state index contributed by atoms with van der Waals surface area (Å²) in [6, 6.07) is 17.0. The largest absolute Gasteiger partial charge is 0.497 e. The zero-order valence-corrected chi connectivity index (χ0v) is 14.9. The number of rotatable bonds is 3. The standard InChI is InChI=1S/C21H16N4O2/c1-24-19(13-22)20(18-12-16(27-2)7-8-17(18)21(24)26)14-5-3-6-15(11-14)25-10-4-9-23-25/h3-12H,1-2H3. The van der Waals surface area contributed by atoms with Crippen molar-refractivity contribution in [2.45, 2.75) is 0 Å². The maximum absolute atomic E-state index is 12.7. The number of methoxy groups -OCH3 is 1. The molecule has 0 amide bonds. The van der Waals surface area contributed by atoms with Crippen LogP contribution >= 0.6 is 0 Å². The van der Waals surface area contributed by atoms with Gasteiger partial charge in [0.15, 0.2) is 0 Å². The molecule has 0 saturated heterocycles. The average molecular weight is 356 g/mol. The summed E-state index contributed by atoms with van der Waals surface area (Å²) in [5, 5.41) is 15.3. The number of nitrogens with zero attached hydrogens (tertiary/aromatic N) is 4. The van der Waals surface area contributed by atoms with Crippen molar-refractivity contribution in [1.82, 2.24) is 14.3 Å². The fourth-order valence-corrected chi connectivity index (χ4v) is 3.27. The van der Waals surface area contributed by atoms with Crippen LogP contribution in [0.4, 0.5) is 0 Å². The Balaban J connectivity index is 2.10. The van der Waals surface area contributed by atoms with Gasteiger partial charge >= 0.3 is 0 Å². The number of pyridine rings is 1. The van der Waals surface area contributed by atoms with Crippen LogP contribution in [-0.4, -0.2) is 21.5 Å². The molecule has 4 rings (SSSR count). The van der Waals surface area contributed by atoms with Crippen molar-refractivity contribution in [3.05, 3.63) is 77.0 Å². The van der Waals surface area contributed by atoms with Crippen molar-refractivity contribution >= 4 is 10.8 Å². The summed E-state index contributed by atoms with van der Waals surface area (Å²) in [5.74, 6) is 0.629. The highest BCUT2D eigenvalue weighted by molar-refractivity contribution is 5.99. The smallest absolute Gasteiger partial charge is 0.259 e. The summed E-state index contributed by atoms with van der Waals surface area (Å²) < 4.78 is 8.48. The van der Waals surface area contributed by atoms with E-state index in [0.717, 1.165) is 11.3 Å². The van der Waals surface area contributed by atoms with Gasteiger partial charge in [-0.3, -0.25) is 4.79 Å². The molecule has 0 saturated carbocycles. The lowest BCUT2D eigenvalue weighted by Crippen LogP contribution is -2.20. The Hall–Kier alpha value is -3.85. The van der Waals surface area contributed by atoms with Crippen molar-refractivity contribution in [3.8, 4) is 28.6 Å². The van der Waals surface area contributed by atoms with E-state index in [0.29, 0.717) is 27.8 Å². The highest BCUT2D eigenvalue weighted by Crippen LogP contribution is 2.33. The third-order valence-electron chi connectivity index (χ3n) is 4.61. The van der Waals surface area contributed by atoms with E-state index in [9.17, 15) is 10.1 Å². The molecule has 132 valence electrons. The monoisotopic (exact) mass is 356 g/mol. The lowest BCUT2D eigenvalue weighted by atomic mass is 9.96. The minimum Gasteiger partial charge on any atom is -0.497 e. The zero-order chi connectivity index (χ0) is 19.0. The predicted molar refractivity (Wildman–Crippen MR) is 103 cm³/mol. The van der Waals surface area contributed by atoms with Crippen LogP contribution < -0.4 is 10.3 Å². The molecule has 6 heteroatoms. The molecule has 0 aliphatic heterocycles. The van der Waals surface area contributed by atoms with Crippen LogP contribution in [0.5, 0.6) is 5.75 Å². The summed E-state index contributed by atoms with van der Waals surface area (Å²) >= 11 is 0. The molecule has 0 aliphatic carbocycles. The summed E-state index contributed by atoms with van der Waals surface area (Å²) in [6.45, 7) is 0. The number of aromatic nitrogens is 3. The minimum atomic E-state index is -0.212. The van der Waals surface area contributed by atoms with E-state index in [-0.39, 0.29) is 5.56 Å². The quantitative estimate of drug-likeness (QED) is 0.565. The normalized spacial score (nSPS) is 10.7. The van der Waals surface area contributed by atoms with Gasteiger partial charge in [-0.25, -0.2) is 4.68 Å². The summed E-state index contributed by atoms with van der Waals surface area (Å²) in [6.07, 6.45) is 3.56. The first-order valence-electron chi connectivity index (χ1n) is 8.35. The Bertz CT molecular complexity index is 1250. The molecule has 4 aromatic rings. The van der Waals surface area contributed by atoms with E-state index in [1.807, 2.05) is 36.5 Å². The van der Waals surface area contributed by atoms with E-state index in [1.165, 1.54) is 4.57 Å². The first kappa shape index (κ1) is 16.6. The third kappa shape index (κ3) is 2.66. The molecule has 2 heterocycles. The van der Waals surface area contributed by atoms with E-state index < -0.39 is 0 Å². The second-order valence-electron chi connectivity index (χ2n) is 6.11.